The second kappa shape index (κ2) is 5.64. The van der Waals surface area contributed by atoms with E-state index in [4.69, 9.17) is 27.9 Å². The van der Waals surface area contributed by atoms with Gasteiger partial charge < -0.3 is 4.74 Å². The molecular weight excluding hydrogens is 287 g/mol. The van der Waals surface area contributed by atoms with Crippen molar-refractivity contribution < 1.29 is 4.74 Å². The molecule has 0 amide bonds. The van der Waals surface area contributed by atoms with Gasteiger partial charge in [-0.1, -0.05) is 34.1 Å². The fourth-order valence-corrected chi connectivity index (χ4v) is 1.40. The Morgan fingerprint density at radius 2 is 2.21 bits per heavy atom. The van der Waals surface area contributed by atoms with E-state index in [1.165, 1.54) is 0 Å². The molecule has 0 aliphatic rings. The SMILES string of the molecule is C=C(CCl)COc1cc(Br)ccc1Cl. The number of ether oxygens (including phenoxy) is 1. The monoisotopic (exact) mass is 294 g/mol. The van der Waals surface area contributed by atoms with Gasteiger partial charge in [0.1, 0.15) is 12.4 Å². The Kier molecular flexibility index (Phi) is 4.79. The quantitative estimate of drug-likeness (QED) is 0.595. The number of halogens is 3. The fourth-order valence-electron chi connectivity index (χ4n) is 0.806. The van der Waals surface area contributed by atoms with Crippen LogP contribution in [0.3, 0.4) is 0 Å². The Morgan fingerprint density at radius 3 is 2.86 bits per heavy atom. The minimum absolute atomic E-state index is 0.389. The third kappa shape index (κ3) is 3.52. The van der Waals surface area contributed by atoms with Crippen LogP contribution in [0.15, 0.2) is 34.8 Å². The smallest absolute Gasteiger partial charge is 0.139 e. The Balaban J connectivity index is 2.66. The number of hydrogen-bond donors (Lipinski definition) is 0. The lowest BCUT2D eigenvalue weighted by atomic mass is 10.3. The minimum atomic E-state index is 0.389. The van der Waals surface area contributed by atoms with E-state index in [1.54, 1.807) is 6.07 Å². The van der Waals surface area contributed by atoms with E-state index < -0.39 is 0 Å². The van der Waals surface area contributed by atoms with Crippen molar-refractivity contribution in [1.82, 2.24) is 0 Å². The van der Waals surface area contributed by atoms with Gasteiger partial charge in [0.15, 0.2) is 0 Å². The van der Waals surface area contributed by atoms with Crippen molar-refractivity contribution >= 4 is 39.1 Å². The molecule has 0 atom stereocenters. The van der Waals surface area contributed by atoms with Gasteiger partial charge in [-0.05, 0) is 23.8 Å². The summed E-state index contributed by atoms with van der Waals surface area (Å²) in [5, 5.41) is 0.579. The van der Waals surface area contributed by atoms with Gasteiger partial charge in [-0.2, -0.15) is 0 Å². The highest BCUT2D eigenvalue weighted by Crippen LogP contribution is 2.28. The molecule has 0 bridgehead atoms. The Labute approximate surface area is 102 Å². The standard InChI is InChI=1S/C10H9BrCl2O/c1-7(5-12)6-14-10-4-8(11)2-3-9(10)13/h2-4H,1,5-6H2. The predicted molar refractivity (Wildman–Crippen MR) is 64.5 cm³/mol. The summed E-state index contributed by atoms with van der Waals surface area (Å²) in [5.41, 5.74) is 0.822. The number of rotatable bonds is 4. The minimum Gasteiger partial charge on any atom is -0.488 e. The lowest BCUT2D eigenvalue weighted by molar-refractivity contribution is 0.353. The molecule has 0 aliphatic carbocycles. The normalized spacial score (nSPS) is 9.93. The first kappa shape index (κ1) is 11.9. The summed E-state index contributed by atoms with van der Waals surface area (Å²) in [6, 6.07) is 5.43. The van der Waals surface area contributed by atoms with Crippen LogP contribution >= 0.6 is 39.1 Å². The summed E-state index contributed by atoms with van der Waals surface area (Å²) in [5.74, 6) is 1.03. The molecule has 0 radical (unpaired) electrons. The molecule has 1 aromatic carbocycles. The molecule has 1 aromatic rings. The molecule has 0 aromatic heterocycles. The lowest BCUT2D eigenvalue weighted by Gasteiger charge is -2.08. The van der Waals surface area contributed by atoms with E-state index in [0.29, 0.717) is 23.3 Å². The average Bonchev–Trinajstić information content (AvgIpc) is 2.19. The molecule has 0 spiro atoms. The molecule has 0 fully saturated rings. The molecule has 0 saturated carbocycles. The Bertz CT molecular complexity index is 339. The fraction of sp³-hybridized carbons (Fsp3) is 0.200. The van der Waals surface area contributed by atoms with Crippen molar-refractivity contribution in [2.24, 2.45) is 0 Å². The van der Waals surface area contributed by atoms with Crippen LogP contribution in [0.1, 0.15) is 0 Å². The third-order valence-electron chi connectivity index (χ3n) is 1.51. The number of benzene rings is 1. The molecule has 1 nitrogen and oxygen atoms in total. The molecular formula is C10H9BrCl2O. The summed E-state index contributed by atoms with van der Waals surface area (Å²) in [6.07, 6.45) is 0. The highest BCUT2D eigenvalue weighted by molar-refractivity contribution is 9.10. The van der Waals surface area contributed by atoms with Crippen LogP contribution in [0, 0.1) is 0 Å². The van der Waals surface area contributed by atoms with Crippen LogP contribution in [0.4, 0.5) is 0 Å². The van der Waals surface area contributed by atoms with Gasteiger partial charge in [0.25, 0.3) is 0 Å². The molecule has 0 heterocycles. The molecule has 0 N–H and O–H groups in total. The molecule has 4 heteroatoms. The molecule has 0 unspecified atom stereocenters. The molecule has 1 rings (SSSR count). The van der Waals surface area contributed by atoms with Gasteiger partial charge in [0.2, 0.25) is 0 Å². The van der Waals surface area contributed by atoms with Crippen LogP contribution in [-0.2, 0) is 0 Å². The van der Waals surface area contributed by atoms with Gasteiger partial charge in [-0.25, -0.2) is 0 Å². The van der Waals surface area contributed by atoms with Crippen LogP contribution in [0.2, 0.25) is 5.02 Å². The van der Waals surface area contributed by atoms with Crippen LogP contribution in [0.25, 0.3) is 0 Å². The summed E-state index contributed by atoms with van der Waals surface area (Å²) in [4.78, 5) is 0. The maximum absolute atomic E-state index is 5.91. The first-order chi connectivity index (χ1) is 6.63. The first-order valence-corrected chi connectivity index (χ1v) is 5.64. The van der Waals surface area contributed by atoms with Crippen LogP contribution < -0.4 is 4.74 Å². The van der Waals surface area contributed by atoms with Gasteiger partial charge in [0, 0.05) is 10.4 Å². The second-order valence-corrected chi connectivity index (χ2v) is 4.34. The predicted octanol–water partition coefficient (Wildman–Crippen LogP) is 4.28. The highest BCUT2D eigenvalue weighted by atomic mass is 79.9. The summed E-state index contributed by atoms with van der Waals surface area (Å²) in [6.45, 7) is 4.12. The molecule has 0 aliphatic heterocycles. The van der Waals surface area contributed by atoms with E-state index in [2.05, 4.69) is 22.5 Å². The highest BCUT2D eigenvalue weighted by Gasteiger charge is 2.02. The van der Waals surface area contributed by atoms with E-state index in [9.17, 15) is 0 Å². The van der Waals surface area contributed by atoms with Crippen molar-refractivity contribution in [2.75, 3.05) is 12.5 Å². The number of alkyl halides is 1. The van der Waals surface area contributed by atoms with Gasteiger partial charge in [-0.15, -0.1) is 11.6 Å². The average molecular weight is 296 g/mol. The third-order valence-corrected chi connectivity index (χ3v) is 2.70. The van der Waals surface area contributed by atoms with Crippen molar-refractivity contribution in [3.8, 4) is 5.75 Å². The van der Waals surface area contributed by atoms with Crippen molar-refractivity contribution in [3.63, 3.8) is 0 Å². The van der Waals surface area contributed by atoms with Crippen LogP contribution in [0.5, 0.6) is 5.75 Å². The van der Waals surface area contributed by atoms with Crippen molar-refractivity contribution in [2.45, 2.75) is 0 Å². The largest absolute Gasteiger partial charge is 0.488 e. The summed E-state index contributed by atoms with van der Waals surface area (Å²) >= 11 is 14.8. The van der Waals surface area contributed by atoms with E-state index in [-0.39, 0.29) is 0 Å². The van der Waals surface area contributed by atoms with E-state index in [1.807, 2.05) is 12.1 Å². The molecule has 0 saturated heterocycles. The zero-order valence-electron chi connectivity index (χ0n) is 7.40. The first-order valence-electron chi connectivity index (χ1n) is 3.94. The van der Waals surface area contributed by atoms with Gasteiger partial charge in [-0.3, -0.25) is 0 Å². The van der Waals surface area contributed by atoms with E-state index >= 15 is 0 Å². The number of hydrogen-bond acceptors (Lipinski definition) is 1. The van der Waals surface area contributed by atoms with Gasteiger partial charge in [0.05, 0.1) is 5.02 Å². The zero-order chi connectivity index (χ0) is 10.6. The Morgan fingerprint density at radius 1 is 1.50 bits per heavy atom. The maximum Gasteiger partial charge on any atom is 0.139 e. The van der Waals surface area contributed by atoms with E-state index in [0.717, 1.165) is 10.0 Å². The topological polar surface area (TPSA) is 9.23 Å². The second-order valence-electron chi connectivity index (χ2n) is 2.75. The van der Waals surface area contributed by atoms with Crippen molar-refractivity contribution in [3.05, 3.63) is 39.8 Å². The molecule has 76 valence electrons. The molecule has 14 heavy (non-hydrogen) atoms. The lowest BCUT2D eigenvalue weighted by Crippen LogP contribution is -2.01. The van der Waals surface area contributed by atoms with Gasteiger partial charge >= 0.3 is 0 Å². The summed E-state index contributed by atoms with van der Waals surface area (Å²) in [7, 11) is 0. The van der Waals surface area contributed by atoms with Crippen molar-refractivity contribution in [1.29, 1.82) is 0 Å². The summed E-state index contributed by atoms with van der Waals surface area (Å²) < 4.78 is 6.35. The maximum atomic E-state index is 5.91. The van der Waals surface area contributed by atoms with Crippen LogP contribution in [-0.4, -0.2) is 12.5 Å². The Hall–Kier alpha value is -0.180. The zero-order valence-corrected chi connectivity index (χ0v) is 10.5.